The van der Waals surface area contributed by atoms with Crippen LogP contribution in [-0.4, -0.2) is 45.3 Å². The third-order valence-corrected chi connectivity index (χ3v) is 4.95. The van der Waals surface area contributed by atoms with Crippen molar-refractivity contribution in [3.8, 4) is 22.8 Å². The number of β-amino-alcohol motifs (C(OH)–C–C–N with tert-alkyl or cyclic N) is 1. The van der Waals surface area contributed by atoms with Gasteiger partial charge in [-0.1, -0.05) is 12.1 Å². The molecular weight excluding hydrogens is 332 g/mol. The third kappa shape index (κ3) is 2.68. The lowest BCUT2D eigenvalue weighted by molar-refractivity contribution is 0.101. The molecule has 6 nitrogen and oxygen atoms in total. The van der Waals surface area contributed by atoms with Gasteiger partial charge < -0.3 is 25.2 Å². The molecule has 2 aromatic carbocycles. The average molecular weight is 352 g/mol. The maximum absolute atomic E-state index is 11.8. The van der Waals surface area contributed by atoms with Crippen molar-refractivity contribution in [2.75, 3.05) is 18.0 Å². The molecule has 0 bridgehead atoms. The number of hydrogen-bond acceptors (Lipinski definition) is 5. The van der Waals surface area contributed by atoms with Crippen molar-refractivity contribution in [2.24, 2.45) is 0 Å². The molecule has 1 aromatic heterocycles. The molecule has 4 N–H and O–H groups in total. The van der Waals surface area contributed by atoms with Crippen molar-refractivity contribution in [3.05, 3.63) is 42.0 Å². The van der Waals surface area contributed by atoms with Crippen LogP contribution in [0.15, 0.2) is 36.4 Å². The van der Waals surface area contributed by atoms with E-state index in [-0.39, 0.29) is 29.1 Å². The van der Waals surface area contributed by atoms with E-state index in [0.717, 1.165) is 24.2 Å². The second-order valence-corrected chi connectivity index (χ2v) is 6.76. The summed E-state index contributed by atoms with van der Waals surface area (Å²) in [5.41, 5.74) is 3.16. The van der Waals surface area contributed by atoms with Crippen LogP contribution in [0, 0.1) is 0 Å². The molecule has 3 aromatic rings. The largest absolute Gasteiger partial charge is 0.507 e. The Morgan fingerprint density at radius 2 is 1.92 bits per heavy atom. The molecule has 1 atom stereocenters. The van der Waals surface area contributed by atoms with Crippen LogP contribution in [0.2, 0.25) is 0 Å². The molecule has 0 radical (unpaired) electrons. The summed E-state index contributed by atoms with van der Waals surface area (Å²) < 4.78 is 0. The van der Waals surface area contributed by atoms with E-state index < -0.39 is 0 Å². The summed E-state index contributed by atoms with van der Waals surface area (Å²) in [6.45, 7) is 2.84. The molecule has 4 rings (SSSR count). The van der Waals surface area contributed by atoms with Crippen LogP contribution in [0.1, 0.15) is 23.7 Å². The standard InChI is InChI=1S/C20H20N2O4/c1-11(23)19-16-8-15(18(25)9-17(16)21-20(19)26)12-2-4-13(5-3-12)22-7-6-14(24)10-22/h2-5,8-9,14,21,24-26H,6-7,10H2,1H3. The average Bonchev–Trinajstić information content (AvgIpc) is 3.16. The fourth-order valence-corrected chi connectivity index (χ4v) is 3.63. The lowest BCUT2D eigenvalue weighted by atomic mass is 10.00. The van der Waals surface area contributed by atoms with Crippen LogP contribution < -0.4 is 4.90 Å². The number of aromatic amines is 1. The number of anilines is 1. The van der Waals surface area contributed by atoms with Crippen LogP contribution in [0.5, 0.6) is 11.6 Å². The van der Waals surface area contributed by atoms with Crippen LogP contribution in [-0.2, 0) is 0 Å². The van der Waals surface area contributed by atoms with Crippen LogP contribution in [0.25, 0.3) is 22.0 Å². The van der Waals surface area contributed by atoms with Gasteiger partial charge >= 0.3 is 0 Å². The molecule has 1 saturated heterocycles. The summed E-state index contributed by atoms with van der Waals surface area (Å²) in [6.07, 6.45) is 0.483. The smallest absolute Gasteiger partial charge is 0.200 e. The maximum atomic E-state index is 11.8. The van der Waals surface area contributed by atoms with Crippen molar-refractivity contribution in [3.63, 3.8) is 0 Å². The second-order valence-electron chi connectivity index (χ2n) is 6.76. The fraction of sp³-hybridized carbons (Fsp3) is 0.250. The number of aromatic nitrogens is 1. The highest BCUT2D eigenvalue weighted by Crippen LogP contribution is 2.38. The van der Waals surface area contributed by atoms with Gasteiger partial charge in [0.25, 0.3) is 0 Å². The SMILES string of the molecule is CC(=O)c1c(O)[nH]c2cc(O)c(-c3ccc(N4CCC(O)C4)cc3)cc12. The van der Waals surface area contributed by atoms with E-state index in [0.29, 0.717) is 23.0 Å². The zero-order valence-electron chi connectivity index (χ0n) is 14.4. The van der Waals surface area contributed by atoms with Gasteiger partial charge in [-0.15, -0.1) is 0 Å². The van der Waals surface area contributed by atoms with Gasteiger partial charge in [0, 0.05) is 35.8 Å². The van der Waals surface area contributed by atoms with Crippen molar-refractivity contribution in [2.45, 2.75) is 19.4 Å². The van der Waals surface area contributed by atoms with E-state index in [4.69, 9.17) is 0 Å². The molecule has 1 fully saturated rings. The lowest BCUT2D eigenvalue weighted by Gasteiger charge is -2.18. The number of aliphatic hydroxyl groups is 1. The number of ketones is 1. The Hall–Kier alpha value is -2.99. The maximum Gasteiger partial charge on any atom is 0.200 e. The summed E-state index contributed by atoms with van der Waals surface area (Å²) in [7, 11) is 0. The summed E-state index contributed by atoms with van der Waals surface area (Å²) >= 11 is 0. The molecule has 0 spiro atoms. The first-order valence-corrected chi connectivity index (χ1v) is 8.56. The fourth-order valence-electron chi connectivity index (χ4n) is 3.63. The molecule has 1 aliphatic heterocycles. The molecular formula is C20H20N2O4. The van der Waals surface area contributed by atoms with Crippen LogP contribution in [0.3, 0.4) is 0 Å². The van der Waals surface area contributed by atoms with Gasteiger partial charge in [-0.25, -0.2) is 0 Å². The molecule has 6 heteroatoms. The van der Waals surface area contributed by atoms with Gasteiger partial charge in [-0.2, -0.15) is 0 Å². The highest BCUT2D eigenvalue weighted by molar-refractivity contribution is 6.10. The molecule has 26 heavy (non-hydrogen) atoms. The van der Waals surface area contributed by atoms with E-state index in [9.17, 15) is 20.1 Å². The number of fused-ring (bicyclic) bond motifs is 1. The Bertz CT molecular complexity index is 991. The van der Waals surface area contributed by atoms with Crippen LogP contribution in [0.4, 0.5) is 5.69 Å². The van der Waals surface area contributed by atoms with Gasteiger partial charge in [0.15, 0.2) is 5.78 Å². The monoisotopic (exact) mass is 352 g/mol. The van der Waals surface area contributed by atoms with E-state index >= 15 is 0 Å². The number of rotatable bonds is 3. The Morgan fingerprint density at radius 3 is 2.54 bits per heavy atom. The topological polar surface area (TPSA) is 96.8 Å². The highest BCUT2D eigenvalue weighted by atomic mass is 16.3. The summed E-state index contributed by atoms with van der Waals surface area (Å²) in [4.78, 5) is 16.7. The minimum atomic E-state index is -0.285. The Balaban J connectivity index is 1.75. The third-order valence-electron chi connectivity index (χ3n) is 4.95. The van der Waals surface area contributed by atoms with Gasteiger partial charge in [0.2, 0.25) is 5.88 Å². The Kier molecular flexibility index (Phi) is 3.85. The molecule has 0 saturated carbocycles. The highest BCUT2D eigenvalue weighted by Gasteiger charge is 2.21. The number of Topliss-reactive ketones (excluding diaryl/α,β-unsaturated/α-hetero) is 1. The predicted molar refractivity (Wildman–Crippen MR) is 99.9 cm³/mol. The number of phenolic OH excluding ortho intramolecular Hbond substituents is 1. The van der Waals surface area contributed by atoms with E-state index in [1.165, 1.54) is 13.0 Å². The number of phenols is 1. The first kappa shape index (κ1) is 16.5. The minimum Gasteiger partial charge on any atom is -0.507 e. The molecule has 2 heterocycles. The number of benzene rings is 2. The summed E-state index contributed by atoms with van der Waals surface area (Å²) in [6, 6.07) is 10.9. The van der Waals surface area contributed by atoms with Gasteiger partial charge in [0.05, 0.1) is 17.2 Å². The van der Waals surface area contributed by atoms with Crippen LogP contribution >= 0.6 is 0 Å². The molecule has 0 aliphatic carbocycles. The summed E-state index contributed by atoms with van der Waals surface area (Å²) in [5.74, 6) is -0.362. The molecule has 1 aliphatic rings. The first-order chi connectivity index (χ1) is 12.4. The number of nitrogens with one attached hydrogen (secondary N) is 1. The number of carbonyl (C=O) groups excluding carboxylic acids is 1. The van der Waals surface area contributed by atoms with E-state index in [1.54, 1.807) is 6.07 Å². The Morgan fingerprint density at radius 1 is 1.19 bits per heavy atom. The summed E-state index contributed by atoms with van der Waals surface area (Å²) in [5, 5.41) is 30.6. The van der Waals surface area contributed by atoms with Crippen molar-refractivity contribution in [1.82, 2.24) is 4.98 Å². The second kappa shape index (κ2) is 6.07. The van der Waals surface area contributed by atoms with Gasteiger partial charge in [-0.05, 0) is 37.1 Å². The van der Waals surface area contributed by atoms with Gasteiger partial charge in [0.1, 0.15) is 5.75 Å². The van der Waals surface area contributed by atoms with E-state index in [2.05, 4.69) is 9.88 Å². The molecule has 0 amide bonds. The number of aliphatic hydroxyl groups excluding tert-OH is 1. The molecule has 1 unspecified atom stereocenters. The number of nitrogens with zero attached hydrogens (tertiary/aromatic N) is 1. The lowest BCUT2D eigenvalue weighted by Crippen LogP contribution is -2.20. The van der Waals surface area contributed by atoms with E-state index in [1.807, 2.05) is 24.3 Å². The predicted octanol–water partition coefficient (Wildman–Crippen LogP) is 3.02. The zero-order chi connectivity index (χ0) is 18.4. The quantitative estimate of drug-likeness (QED) is 0.543. The van der Waals surface area contributed by atoms with Crippen molar-refractivity contribution >= 4 is 22.4 Å². The number of carbonyl (C=O) groups is 1. The Labute approximate surface area is 150 Å². The number of H-pyrrole nitrogens is 1. The number of hydrogen-bond donors (Lipinski definition) is 4. The number of aromatic hydroxyl groups is 2. The zero-order valence-corrected chi connectivity index (χ0v) is 14.4. The molecule has 134 valence electrons. The first-order valence-electron chi connectivity index (χ1n) is 8.56. The van der Waals surface area contributed by atoms with Gasteiger partial charge in [-0.3, -0.25) is 4.79 Å². The normalized spacial score (nSPS) is 17.2. The van der Waals surface area contributed by atoms with Crippen molar-refractivity contribution in [1.29, 1.82) is 0 Å². The minimum absolute atomic E-state index is 0.0678. The van der Waals surface area contributed by atoms with Crippen molar-refractivity contribution < 1.29 is 20.1 Å².